The lowest BCUT2D eigenvalue weighted by atomic mass is 10.1. The van der Waals surface area contributed by atoms with Crippen molar-refractivity contribution in [1.82, 2.24) is 25.4 Å². The summed E-state index contributed by atoms with van der Waals surface area (Å²) >= 11 is 0. The number of hydrogen-bond donors (Lipinski definition) is 2. The number of ether oxygens (including phenoxy) is 1. The Morgan fingerprint density at radius 3 is 3.08 bits per heavy atom. The van der Waals surface area contributed by atoms with Crippen molar-refractivity contribution >= 4 is 18.3 Å². The van der Waals surface area contributed by atoms with Gasteiger partial charge >= 0.3 is 0 Å². The normalized spacial score (nSPS) is 17.0. The van der Waals surface area contributed by atoms with E-state index in [0.717, 1.165) is 31.6 Å². The van der Waals surface area contributed by atoms with Crippen molar-refractivity contribution < 1.29 is 9.53 Å². The summed E-state index contributed by atoms with van der Waals surface area (Å²) in [4.78, 5) is 16.5. The fourth-order valence-electron chi connectivity index (χ4n) is 2.65. The summed E-state index contributed by atoms with van der Waals surface area (Å²) in [5, 5.41) is 10.6. The van der Waals surface area contributed by atoms with Gasteiger partial charge in [0, 0.05) is 18.8 Å². The van der Waals surface area contributed by atoms with E-state index < -0.39 is 0 Å². The van der Waals surface area contributed by atoms with Crippen LogP contribution in [-0.2, 0) is 6.54 Å². The van der Waals surface area contributed by atoms with E-state index in [9.17, 15) is 4.79 Å². The summed E-state index contributed by atoms with van der Waals surface area (Å²) in [5.74, 6) is 0.336. The third-order valence-corrected chi connectivity index (χ3v) is 3.91. The molecule has 1 aliphatic heterocycles. The molecular weight excluding hydrogens is 330 g/mol. The average Bonchev–Trinajstić information content (AvgIpc) is 3.11. The molecule has 0 bridgehead atoms. The average molecular weight is 352 g/mol. The molecule has 0 aromatic carbocycles. The second-order valence-electron chi connectivity index (χ2n) is 5.54. The molecule has 130 valence electrons. The molecule has 1 atom stereocenters. The summed E-state index contributed by atoms with van der Waals surface area (Å²) in [6, 6.07) is 7.53. The molecule has 8 heteroatoms. The number of amides is 1. The third kappa shape index (κ3) is 4.46. The fourth-order valence-corrected chi connectivity index (χ4v) is 2.65. The maximum atomic E-state index is 12.2. The van der Waals surface area contributed by atoms with Gasteiger partial charge in [0.1, 0.15) is 5.69 Å². The number of aromatic nitrogens is 3. The van der Waals surface area contributed by atoms with Crippen LogP contribution in [-0.4, -0.2) is 40.9 Å². The number of nitrogens with one attached hydrogen (secondary N) is 2. The van der Waals surface area contributed by atoms with Crippen molar-refractivity contribution in [3.8, 4) is 5.88 Å². The minimum atomic E-state index is -0.197. The predicted octanol–water partition coefficient (Wildman–Crippen LogP) is 1.56. The van der Waals surface area contributed by atoms with Gasteiger partial charge in [-0.15, -0.1) is 12.4 Å². The van der Waals surface area contributed by atoms with Crippen LogP contribution < -0.4 is 15.4 Å². The standard InChI is InChI=1S/C16H21N5O2.ClH/c1-23-15-6-2-4-12(19-15)10-18-16(22)14-7-9-21(20-14)13-5-3-8-17-11-13;/h2,4,6-7,9,13,17H,3,5,8,10-11H2,1H3,(H,18,22);1H. The maximum Gasteiger partial charge on any atom is 0.272 e. The highest BCUT2D eigenvalue weighted by atomic mass is 35.5. The smallest absolute Gasteiger partial charge is 0.272 e. The van der Waals surface area contributed by atoms with Crippen molar-refractivity contribution in [2.45, 2.75) is 25.4 Å². The second-order valence-corrected chi connectivity index (χ2v) is 5.54. The Hall–Kier alpha value is -2.12. The predicted molar refractivity (Wildman–Crippen MR) is 92.6 cm³/mol. The van der Waals surface area contributed by atoms with Gasteiger partial charge in [-0.25, -0.2) is 4.98 Å². The zero-order chi connectivity index (χ0) is 16.1. The van der Waals surface area contributed by atoms with Crippen LogP contribution in [0, 0.1) is 0 Å². The Kier molecular flexibility index (Phi) is 6.57. The molecule has 1 aliphatic rings. The first-order chi connectivity index (χ1) is 11.3. The van der Waals surface area contributed by atoms with Crippen LogP contribution in [0.2, 0.25) is 0 Å². The summed E-state index contributed by atoms with van der Waals surface area (Å²) in [6.45, 7) is 2.29. The van der Waals surface area contributed by atoms with Gasteiger partial charge in [0.2, 0.25) is 5.88 Å². The van der Waals surface area contributed by atoms with E-state index >= 15 is 0 Å². The van der Waals surface area contributed by atoms with Crippen molar-refractivity contribution in [3.63, 3.8) is 0 Å². The third-order valence-electron chi connectivity index (χ3n) is 3.91. The lowest BCUT2D eigenvalue weighted by Gasteiger charge is -2.22. The van der Waals surface area contributed by atoms with Crippen LogP contribution in [0.15, 0.2) is 30.5 Å². The lowest BCUT2D eigenvalue weighted by Crippen LogP contribution is -2.32. The van der Waals surface area contributed by atoms with E-state index in [1.165, 1.54) is 0 Å². The van der Waals surface area contributed by atoms with Crippen LogP contribution in [0.1, 0.15) is 35.1 Å². The molecule has 1 unspecified atom stereocenters. The fraction of sp³-hybridized carbons (Fsp3) is 0.438. The van der Waals surface area contributed by atoms with Crippen molar-refractivity contribution in [3.05, 3.63) is 41.9 Å². The second kappa shape index (κ2) is 8.65. The first-order valence-corrected chi connectivity index (χ1v) is 7.80. The first-order valence-electron chi connectivity index (χ1n) is 7.80. The first kappa shape index (κ1) is 18.2. The number of piperidine rings is 1. The van der Waals surface area contributed by atoms with Crippen LogP contribution in [0.5, 0.6) is 5.88 Å². The van der Waals surface area contributed by atoms with Crippen LogP contribution in [0.4, 0.5) is 0 Å². The van der Waals surface area contributed by atoms with Gasteiger partial charge in [-0.3, -0.25) is 9.48 Å². The topological polar surface area (TPSA) is 81.1 Å². The van der Waals surface area contributed by atoms with Crippen LogP contribution in [0.25, 0.3) is 0 Å². The molecular formula is C16H22ClN5O2. The molecule has 2 N–H and O–H groups in total. The summed E-state index contributed by atoms with van der Waals surface area (Å²) in [5.41, 5.74) is 1.17. The van der Waals surface area contributed by atoms with E-state index in [1.807, 2.05) is 23.0 Å². The Labute approximate surface area is 147 Å². The highest BCUT2D eigenvalue weighted by Crippen LogP contribution is 2.15. The van der Waals surface area contributed by atoms with Gasteiger partial charge in [0.05, 0.1) is 25.4 Å². The maximum absolute atomic E-state index is 12.2. The van der Waals surface area contributed by atoms with E-state index in [4.69, 9.17) is 4.74 Å². The summed E-state index contributed by atoms with van der Waals surface area (Å²) < 4.78 is 6.95. The van der Waals surface area contributed by atoms with E-state index in [2.05, 4.69) is 20.7 Å². The minimum absolute atomic E-state index is 0. The Morgan fingerprint density at radius 1 is 1.46 bits per heavy atom. The monoisotopic (exact) mass is 351 g/mol. The number of halogens is 1. The molecule has 3 rings (SSSR count). The Morgan fingerprint density at radius 2 is 2.33 bits per heavy atom. The van der Waals surface area contributed by atoms with Crippen molar-refractivity contribution in [2.75, 3.05) is 20.2 Å². The molecule has 2 aromatic heterocycles. The Bertz CT molecular complexity index is 670. The van der Waals surface area contributed by atoms with Gasteiger partial charge in [-0.1, -0.05) is 6.07 Å². The molecule has 1 amide bonds. The van der Waals surface area contributed by atoms with Gasteiger partial charge in [-0.05, 0) is 31.5 Å². The highest BCUT2D eigenvalue weighted by molar-refractivity contribution is 5.92. The number of nitrogens with zero attached hydrogens (tertiary/aromatic N) is 3. The number of hydrogen-bond acceptors (Lipinski definition) is 5. The lowest BCUT2D eigenvalue weighted by molar-refractivity contribution is 0.0944. The van der Waals surface area contributed by atoms with Gasteiger partial charge in [0.25, 0.3) is 5.91 Å². The largest absolute Gasteiger partial charge is 0.481 e. The molecule has 0 radical (unpaired) electrons. The zero-order valence-corrected chi connectivity index (χ0v) is 14.4. The molecule has 1 saturated heterocycles. The molecule has 24 heavy (non-hydrogen) atoms. The summed E-state index contributed by atoms with van der Waals surface area (Å²) in [6.07, 6.45) is 4.09. The SMILES string of the molecule is COc1cccc(CNC(=O)c2ccn(C3CCCNC3)n2)n1.Cl. The Balaban J connectivity index is 0.00000208. The van der Waals surface area contributed by atoms with Crippen LogP contribution in [0.3, 0.4) is 0 Å². The molecule has 1 fully saturated rings. The van der Waals surface area contributed by atoms with E-state index in [0.29, 0.717) is 24.2 Å². The molecule has 2 aromatic rings. The van der Waals surface area contributed by atoms with Crippen molar-refractivity contribution in [1.29, 1.82) is 0 Å². The van der Waals surface area contributed by atoms with Crippen molar-refractivity contribution in [2.24, 2.45) is 0 Å². The summed E-state index contributed by atoms with van der Waals surface area (Å²) in [7, 11) is 1.57. The minimum Gasteiger partial charge on any atom is -0.481 e. The molecule has 7 nitrogen and oxygen atoms in total. The number of carbonyl (C=O) groups excluding carboxylic acids is 1. The quantitative estimate of drug-likeness (QED) is 0.854. The van der Waals surface area contributed by atoms with Gasteiger partial charge in [0.15, 0.2) is 0 Å². The molecule has 3 heterocycles. The van der Waals surface area contributed by atoms with E-state index in [1.54, 1.807) is 19.2 Å². The van der Waals surface area contributed by atoms with Gasteiger partial charge in [-0.2, -0.15) is 5.10 Å². The number of rotatable bonds is 5. The molecule has 0 aliphatic carbocycles. The molecule has 0 saturated carbocycles. The molecule has 0 spiro atoms. The van der Waals surface area contributed by atoms with E-state index in [-0.39, 0.29) is 18.3 Å². The highest BCUT2D eigenvalue weighted by Gasteiger charge is 2.17. The van der Waals surface area contributed by atoms with Crippen LogP contribution >= 0.6 is 12.4 Å². The number of pyridine rings is 1. The number of methoxy groups -OCH3 is 1. The van der Waals surface area contributed by atoms with Gasteiger partial charge < -0.3 is 15.4 Å². The number of carbonyl (C=O) groups is 1. The zero-order valence-electron chi connectivity index (χ0n) is 13.6.